The van der Waals surface area contributed by atoms with Crippen LogP contribution in [0.2, 0.25) is 5.02 Å². The van der Waals surface area contributed by atoms with Crippen molar-refractivity contribution in [1.29, 1.82) is 0 Å². The maximum Gasteiger partial charge on any atom is 0.255 e. The molecule has 1 saturated heterocycles. The molecule has 1 unspecified atom stereocenters. The van der Waals surface area contributed by atoms with Gasteiger partial charge in [0.05, 0.1) is 22.4 Å². The van der Waals surface area contributed by atoms with Crippen molar-refractivity contribution in [2.24, 2.45) is 0 Å². The van der Waals surface area contributed by atoms with Gasteiger partial charge >= 0.3 is 0 Å². The third-order valence-electron chi connectivity index (χ3n) is 5.64. The largest absolute Gasteiger partial charge is 0.351 e. The van der Waals surface area contributed by atoms with Crippen LogP contribution in [0.15, 0.2) is 72.4 Å². The smallest absolute Gasteiger partial charge is 0.255 e. The highest BCUT2D eigenvalue weighted by atomic mass is 35.5. The minimum Gasteiger partial charge on any atom is -0.351 e. The van der Waals surface area contributed by atoms with Crippen molar-refractivity contribution < 1.29 is 9.59 Å². The van der Waals surface area contributed by atoms with Crippen LogP contribution in [0.5, 0.6) is 0 Å². The molecule has 0 radical (unpaired) electrons. The van der Waals surface area contributed by atoms with Gasteiger partial charge in [0, 0.05) is 19.6 Å². The minimum atomic E-state index is -0.211. The van der Waals surface area contributed by atoms with Crippen molar-refractivity contribution >= 4 is 35.2 Å². The molecular weight excluding hydrogens is 470 g/mol. The van der Waals surface area contributed by atoms with E-state index in [2.05, 4.69) is 22.1 Å². The molecule has 3 aromatic rings. The van der Waals surface area contributed by atoms with Crippen LogP contribution >= 0.6 is 23.4 Å². The first-order valence-electron chi connectivity index (χ1n) is 11.1. The fourth-order valence-corrected chi connectivity index (χ4v) is 5.00. The van der Waals surface area contributed by atoms with E-state index >= 15 is 0 Å². The number of hydrogen-bond acceptors (Lipinski definition) is 5. The quantitative estimate of drug-likeness (QED) is 0.349. The number of halogens is 1. The van der Waals surface area contributed by atoms with Crippen molar-refractivity contribution in [1.82, 2.24) is 25.0 Å². The monoisotopic (exact) mass is 495 g/mol. The Labute approximate surface area is 208 Å². The predicted octanol–water partition coefficient (Wildman–Crippen LogP) is 4.50. The zero-order chi connectivity index (χ0) is 23.9. The summed E-state index contributed by atoms with van der Waals surface area (Å²) in [5.41, 5.74) is 1.53. The summed E-state index contributed by atoms with van der Waals surface area (Å²) in [6.45, 7) is 5.44. The lowest BCUT2D eigenvalue weighted by atomic mass is 10.1. The summed E-state index contributed by atoms with van der Waals surface area (Å²) in [7, 11) is 0. The van der Waals surface area contributed by atoms with Crippen molar-refractivity contribution in [3.8, 4) is 0 Å². The normalized spacial score (nSPS) is 15.3. The number of thioether (sulfide) groups is 1. The van der Waals surface area contributed by atoms with Crippen LogP contribution in [0, 0.1) is 0 Å². The number of nitrogens with one attached hydrogen (secondary N) is 1. The van der Waals surface area contributed by atoms with Crippen LogP contribution in [0.3, 0.4) is 0 Å². The molecule has 9 heteroatoms. The van der Waals surface area contributed by atoms with Crippen LogP contribution in [-0.2, 0) is 17.9 Å². The van der Waals surface area contributed by atoms with Crippen LogP contribution in [-0.4, -0.2) is 43.8 Å². The summed E-state index contributed by atoms with van der Waals surface area (Å²) in [6.07, 6.45) is 3.42. The lowest BCUT2D eigenvalue weighted by molar-refractivity contribution is -0.118. The topological polar surface area (TPSA) is 80.1 Å². The van der Waals surface area contributed by atoms with Gasteiger partial charge < -0.3 is 14.8 Å². The van der Waals surface area contributed by atoms with Gasteiger partial charge in [0.2, 0.25) is 5.91 Å². The average Bonchev–Trinajstić information content (AvgIpc) is 3.49. The van der Waals surface area contributed by atoms with Gasteiger partial charge in [0.1, 0.15) is 0 Å². The number of amides is 2. The van der Waals surface area contributed by atoms with Crippen LogP contribution < -0.4 is 5.32 Å². The first-order valence-corrected chi connectivity index (χ1v) is 12.5. The fraction of sp³-hybridized carbons (Fsp3) is 0.280. The third-order valence-corrected chi connectivity index (χ3v) is 6.93. The second-order valence-corrected chi connectivity index (χ2v) is 9.28. The summed E-state index contributed by atoms with van der Waals surface area (Å²) in [6, 6.07) is 16.6. The van der Waals surface area contributed by atoms with E-state index in [1.165, 1.54) is 11.8 Å². The molecule has 2 amide bonds. The van der Waals surface area contributed by atoms with E-state index in [9.17, 15) is 9.59 Å². The first-order chi connectivity index (χ1) is 16.6. The Balaban J connectivity index is 1.46. The summed E-state index contributed by atoms with van der Waals surface area (Å²) < 4.78 is 1.94. The summed E-state index contributed by atoms with van der Waals surface area (Å²) in [5.74, 6) is 0.718. The summed E-state index contributed by atoms with van der Waals surface area (Å²) in [4.78, 5) is 27.4. The Morgan fingerprint density at radius 3 is 2.68 bits per heavy atom. The molecule has 1 aliphatic rings. The van der Waals surface area contributed by atoms with Crippen LogP contribution in [0.4, 0.5) is 0 Å². The number of allylic oxidation sites excluding steroid dienone is 1. The standard InChI is InChI=1S/C25H26ClN5O2S/c1-2-14-31-23(21-13-8-15-30(21)24(33)19-11-6-7-12-20(19)26)28-29-25(31)34-17-22(32)27-16-18-9-4-3-5-10-18/h2-7,9-12,21H,1,8,13-17H2,(H,27,32). The first kappa shape index (κ1) is 24.0. The Hall–Kier alpha value is -3.10. The molecule has 1 aromatic heterocycles. The molecule has 0 aliphatic carbocycles. The van der Waals surface area contributed by atoms with Crippen molar-refractivity contribution in [3.63, 3.8) is 0 Å². The highest BCUT2D eigenvalue weighted by molar-refractivity contribution is 7.99. The SMILES string of the molecule is C=CCn1c(SCC(=O)NCc2ccccc2)nnc1C1CCCN1C(=O)c1ccccc1Cl. The summed E-state index contributed by atoms with van der Waals surface area (Å²) in [5, 5.41) is 12.7. The Kier molecular flexibility index (Phi) is 8.03. The van der Waals surface area contributed by atoms with Gasteiger partial charge in [-0.1, -0.05) is 71.9 Å². The molecule has 7 nitrogen and oxygen atoms in total. The number of hydrogen-bond donors (Lipinski definition) is 1. The van der Waals surface area contributed by atoms with Gasteiger partial charge in [-0.05, 0) is 30.5 Å². The second-order valence-electron chi connectivity index (χ2n) is 7.93. The third kappa shape index (κ3) is 5.51. The lowest BCUT2D eigenvalue weighted by Gasteiger charge is -2.25. The van der Waals surface area contributed by atoms with E-state index < -0.39 is 0 Å². The van der Waals surface area contributed by atoms with E-state index in [1.807, 2.05) is 45.9 Å². The van der Waals surface area contributed by atoms with E-state index in [0.717, 1.165) is 18.4 Å². The lowest BCUT2D eigenvalue weighted by Crippen LogP contribution is -2.32. The number of carbonyl (C=O) groups excluding carboxylic acids is 2. The Bertz CT molecular complexity index is 1170. The highest BCUT2D eigenvalue weighted by Crippen LogP contribution is 2.34. The molecule has 1 aliphatic heterocycles. The second kappa shape index (κ2) is 11.4. The predicted molar refractivity (Wildman–Crippen MR) is 134 cm³/mol. The van der Waals surface area contributed by atoms with Gasteiger partial charge in [0.25, 0.3) is 5.91 Å². The van der Waals surface area contributed by atoms with E-state index in [-0.39, 0.29) is 23.6 Å². The van der Waals surface area contributed by atoms with E-state index in [1.54, 1.807) is 24.3 Å². The minimum absolute atomic E-state index is 0.0834. The van der Waals surface area contributed by atoms with E-state index in [0.29, 0.717) is 41.2 Å². The maximum absolute atomic E-state index is 13.2. The Morgan fingerprint density at radius 1 is 1.15 bits per heavy atom. The summed E-state index contributed by atoms with van der Waals surface area (Å²) >= 11 is 7.60. The molecule has 0 saturated carbocycles. The molecule has 4 rings (SSSR count). The fourth-order valence-electron chi connectivity index (χ4n) is 4.00. The van der Waals surface area contributed by atoms with Gasteiger partial charge in [-0.25, -0.2) is 0 Å². The van der Waals surface area contributed by atoms with Gasteiger partial charge in [-0.2, -0.15) is 0 Å². The van der Waals surface area contributed by atoms with E-state index in [4.69, 9.17) is 11.6 Å². The zero-order valence-electron chi connectivity index (χ0n) is 18.7. The van der Waals surface area contributed by atoms with Gasteiger partial charge in [0.15, 0.2) is 11.0 Å². The number of likely N-dealkylation sites (tertiary alicyclic amines) is 1. The van der Waals surface area contributed by atoms with Crippen LogP contribution in [0.1, 0.15) is 40.6 Å². The maximum atomic E-state index is 13.2. The molecule has 1 fully saturated rings. The van der Waals surface area contributed by atoms with Crippen molar-refractivity contribution in [2.75, 3.05) is 12.3 Å². The molecule has 0 spiro atoms. The molecule has 2 heterocycles. The molecule has 1 atom stereocenters. The van der Waals surface area contributed by atoms with Crippen LogP contribution in [0.25, 0.3) is 0 Å². The zero-order valence-corrected chi connectivity index (χ0v) is 20.3. The van der Waals surface area contributed by atoms with Crippen molar-refractivity contribution in [2.45, 2.75) is 37.1 Å². The molecule has 176 valence electrons. The molecule has 34 heavy (non-hydrogen) atoms. The number of rotatable bonds is 9. The van der Waals surface area contributed by atoms with Gasteiger partial charge in [-0.3, -0.25) is 9.59 Å². The Morgan fingerprint density at radius 2 is 1.91 bits per heavy atom. The molecular formula is C25H26ClN5O2S. The van der Waals surface area contributed by atoms with Gasteiger partial charge in [-0.15, -0.1) is 16.8 Å². The average molecular weight is 496 g/mol. The highest BCUT2D eigenvalue weighted by Gasteiger charge is 2.35. The number of nitrogens with zero attached hydrogens (tertiary/aromatic N) is 4. The number of aromatic nitrogens is 3. The molecule has 0 bridgehead atoms. The molecule has 2 aromatic carbocycles. The number of benzene rings is 2. The van der Waals surface area contributed by atoms with Crippen molar-refractivity contribution in [3.05, 3.63) is 89.2 Å². The number of carbonyl (C=O) groups is 2. The molecule has 1 N–H and O–H groups in total.